The van der Waals surface area contributed by atoms with Gasteiger partial charge in [-0.05, 0) is 37.0 Å². The third-order valence-corrected chi connectivity index (χ3v) is 4.33. The Morgan fingerprint density at radius 3 is 2.62 bits per heavy atom. The quantitative estimate of drug-likeness (QED) is 0.941. The third-order valence-electron chi connectivity index (χ3n) is 4.33. The van der Waals surface area contributed by atoms with Crippen molar-refractivity contribution in [2.75, 3.05) is 18.0 Å². The van der Waals surface area contributed by atoms with Crippen molar-refractivity contribution >= 4 is 17.5 Å². The lowest BCUT2D eigenvalue weighted by Crippen LogP contribution is -2.43. The molecule has 0 bridgehead atoms. The number of aryl methyl sites for hydroxylation is 2. The number of amides is 2. The van der Waals surface area contributed by atoms with Crippen LogP contribution in [-0.2, 0) is 22.4 Å². The van der Waals surface area contributed by atoms with Gasteiger partial charge >= 0.3 is 0 Å². The van der Waals surface area contributed by atoms with Gasteiger partial charge in [-0.1, -0.05) is 48.0 Å². The number of nitrogens with zero attached hydrogens (tertiary/aromatic N) is 1. The van der Waals surface area contributed by atoms with Crippen LogP contribution >= 0.6 is 0 Å². The second-order valence-electron chi connectivity index (χ2n) is 6.22. The molecule has 0 aliphatic carbocycles. The average Bonchev–Trinajstić information content (AvgIpc) is 2.61. The molecule has 1 N–H and O–H groups in total. The fourth-order valence-electron chi connectivity index (χ4n) is 3.02. The molecule has 4 heteroatoms. The van der Waals surface area contributed by atoms with Crippen LogP contribution in [0.15, 0.2) is 48.5 Å². The van der Waals surface area contributed by atoms with Crippen molar-refractivity contribution in [3.05, 3.63) is 65.2 Å². The number of anilines is 1. The van der Waals surface area contributed by atoms with Crippen LogP contribution < -0.4 is 10.2 Å². The molecule has 0 radical (unpaired) electrons. The van der Waals surface area contributed by atoms with E-state index in [-0.39, 0.29) is 18.4 Å². The van der Waals surface area contributed by atoms with Crippen molar-refractivity contribution in [1.82, 2.24) is 5.32 Å². The topological polar surface area (TPSA) is 49.4 Å². The summed E-state index contributed by atoms with van der Waals surface area (Å²) >= 11 is 0. The molecule has 0 fully saturated rings. The van der Waals surface area contributed by atoms with E-state index in [4.69, 9.17) is 0 Å². The fourth-order valence-corrected chi connectivity index (χ4v) is 3.02. The van der Waals surface area contributed by atoms with E-state index in [1.165, 1.54) is 5.56 Å². The predicted octanol–water partition coefficient (Wildman–Crippen LogP) is 2.63. The molecule has 0 saturated carbocycles. The van der Waals surface area contributed by atoms with Gasteiger partial charge < -0.3 is 10.2 Å². The lowest BCUT2D eigenvalue weighted by Gasteiger charge is -2.29. The van der Waals surface area contributed by atoms with Crippen LogP contribution in [0.2, 0.25) is 0 Å². The minimum atomic E-state index is -0.127. The Balaban J connectivity index is 1.56. The molecule has 0 aromatic heterocycles. The second-order valence-corrected chi connectivity index (χ2v) is 6.22. The number of carbonyl (C=O) groups is 2. The van der Waals surface area contributed by atoms with Crippen LogP contribution in [-0.4, -0.2) is 24.9 Å². The number of benzene rings is 2. The highest BCUT2D eigenvalue weighted by atomic mass is 16.2. The minimum Gasteiger partial charge on any atom is -0.347 e. The van der Waals surface area contributed by atoms with E-state index in [1.807, 2.05) is 49.4 Å². The van der Waals surface area contributed by atoms with Gasteiger partial charge in [0.05, 0.1) is 13.0 Å². The smallest absolute Gasteiger partial charge is 0.246 e. The van der Waals surface area contributed by atoms with Crippen LogP contribution in [0.4, 0.5) is 5.69 Å². The number of rotatable bonds is 4. The molecular formula is C20H22N2O2. The normalized spacial score (nSPS) is 13.3. The molecule has 2 aromatic rings. The first-order valence-electron chi connectivity index (χ1n) is 8.34. The molecule has 0 saturated heterocycles. The van der Waals surface area contributed by atoms with Gasteiger partial charge in [-0.25, -0.2) is 0 Å². The summed E-state index contributed by atoms with van der Waals surface area (Å²) in [4.78, 5) is 26.3. The molecule has 2 aromatic carbocycles. The highest BCUT2D eigenvalue weighted by Crippen LogP contribution is 2.26. The summed E-state index contributed by atoms with van der Waals surface area (Å²) < 4.78 is 0. The van der Waals surface area contributed by atoms with Crippen molar-refractivity contribution in [2.24, 2.45) is 0 Å². The molecule has 2 amide bonds. The Labute approximate surface area is 142 Å². The first-order valence-corrected chi connectivity index (χ1v) is 8.34. The lowest BCUT2D eigenvalue weighted by atomic mass is 10.0. The summed E-state index contributed by atoms with van der Waals surface area (Å²) in [5.74, 6) is -0.183. The highest BCUT2D eigenvalue weighted by molar-refractivity contribution is 5.97. The maximum Gasteiger partial charge on any atom is 0.246 e. The predicted molar refractivity (Wildman–Crippen MR) is 95.0 cm³/mol. The number of hydrogen-bond donors (Lipinski definition) is 1. The number of para-hydroxylation sites is 1. The minimum absolute atomic E-state index is 0.0407. The van der Waals surface area contributed by atoms with Gasteiger partial charge in [0, 0.05) is 12.2 Å². The zero-order valence-electron chi connectivity index (χ0n) is 13.9. The van der Waals surface area contributed by atoms with E-state index in [0.717, 1.165) is 29.7 Å². The first-order chi connectivity index (χ1) is 11.6. The SMILES string of the molecule is Cc1ccc(CC(=O)NCC(=O)N2CCCc3ccccc32)cc1. The van der Waals surface area contributed by atoms with Gasteiger partial charge in [-0.2, -0.15) is 0 Å². The maximum atomic E-state index is 12.5. The molecule has 0 unspecified atom stereocenters. The zero-order chi connectivity index (χ0) is 16.9. The van der Waals surface area contributed by atoms with Crippen molar-refractivity contribution in [3.8, 4) is 0 Å². The summed E-state index contributed by atoms with van der Waals surface area (Å²) in [6, 6.07) is 15.8. The second kappa shape index (κ2) is 7.30. The number of hydrogen-bond acceptors (Lipinski definition) is 2. The Bertz CT molecular complexity index is 738. The molecule has 1 aliphatic rings. The van der Waals surface area contributed by atoms with E-state index in [0.29, 0.717) is 13.0 Å². The Kier molecular flexibility index (Phi) is 4.94. The van der Waals surface area contributed by atoms with E-state index >= 15 is 0 Å². The van der Waals surface area contributed by atoms with Crippen LogP contribution in [0.1, 0.15) is 23.1 Å². The Hall–Kier alpha value is -2.62. The monoisotopic (exact) mass is 322 g/mol. The highest BCUT2D eigenvalue weighted by Gasteiger charge is 2.22. The van der Waals surface area contributed by atoms with Crippen molar-refractivity contribution in [1.29, 1.82) is 0 Å². The van der Waals surface area contributed by atoms with Gasteiger partial charge in [0.1, 0.15) is 0 Å². The van der Waals surface area contributed by atoms with E-state index in [2.05, 4.69) is 11.4 Å². The van der Waals surface area contributed by atoms with Crippen LogP contribution in [0.5, 0.6) is 0 Å². The molecule has 3 rings (SSSR count). The molecule has 4 nitrogen and oxygen atoms in total. The first kappa shape index (κ1) is 16.2. The Morgan fingerprint density at radius 1 is 1.08 bits per heavy atom. The largest absolute Gasteiger partial charge is 0.347 e. The summed E-state index contributed by atoms with van der Waals surface area (Å²) in [5.41, 5.74) is 4.29. The standard InChI is InChI=1S/C20H22N2O2/c1-15-8-10-16(11-9-15)13-19(23)21-14-20(24)22-12-4-6-17-5-2-3-7-18(17)22/h2-3,5,7-11H,4,6,12-14H2,1H3,(H,21,23). The summed E-state index contributed by atoms with van der Waals surface area (Å²) in [7, 11) is 0. The molecule has 24 heavy (non-hydrogen) atoms. The van der Waals surface area contributed by atoms with E-state index < -0.39 is 0 Å². The van der Waals surface area contributed by atoms with Crippen molar-refractivity contribution < 1.29 is 9.59 Å². The molecule has 1 heterocycles. The average molecular weight is 322 g/mol. The van der Waals surface area contributed by atoms with E-state index in [1.54, 1.807) is 4.90 Å². The summed E-state index contributed by atoms with van der Waals surface area (Å²) in [6.07, 6.45) is 2.25. The van der Waals surface area contributed by atoms with Gasteiger partial charge in [-0.15, -0.1) is 0 Å². The van der Waals surface area contributed by atoms with Crippen molar-refractivity contribution in [2.45, 2.75) is 26.2 Å². The molecule has 0 atom stereocenters. The fraction of sp³-hybridized carbons (Fsp3) is 0.300. The zero-order valence-corrected chi connectivity index (χ0v) is 13.9. The van der Waals surface area contributed by atoms with Gasteiger partial charge in [0.25, 0.3) is 0 Å². The summed E-state index contributed by atoms with van der Waals surface area (Å²) in [6.45, 7) is 2.77. The van der Waals surface area contributed by atoms with Gasteiger partial charge in [0.15, 0.2) is 0 Å². The van der Waals surface area contributed by atoms with Crippen LogP contribution in [0, 0.1) is 6.92 Å². The van der Waals surface area contributed by atoms with Crippen LogP contribution in [0.3, 0.4) is 0 Å². The van der Waals surface area contributed by atoms with Crippen molar-refractivity contribution in [3.63, 3.8) is 0 Å². The number of fused-ring (bicyclic) bond motifs is 1. The maximum absolute atomic E-state index is 12.5. The van der Waals surface area contributed by atoms with Crippen LogP contribution in [0.25, 0.3) is 0 Å². The molecule has 1 aliphatic heterocycles. The van der Waals surface area contributed by atoms with E-state index in [9.17, 15) is 9.59 Å². The molecular weight excluding hydrogens is 300 g/mol. The summed E-state index contributed by atoms with van der Waals surface area (Å²) in [5, 5.41) is 2.74. The number of nitrogens with one attached hydrogen (secondary N) is 1. The van der Waals surface area contributed by atoms with Gasteiger partial charge in [0.2, 0.25) is 11.8 Å². The number of carbonyl (C=O) groups excluding carboxylic acids is 2. The molecule has 0 spiro atoms. The van der Waals surface area contributed by atoms with Gasteiger partial charge in [-0.3, -0.25) is 9.59 Å². The third kappa shape index (κ3) is 3.82. The molecule has 124 valence electrons. The Morgan fingerprint density at radius 2 is 1.83 bits per heavy atom. The lowest BCUT2D eigenvalue weighted by molar-refractivity contribution is -0.124.